The zero-order chi connectivity index (χ0) is 15.0. The van der Waals surface area contributed by atoms with E-state index in [2.05, 4.69) is 10.2 Å². The predicted molar refractivity (Wildman–Crippen MR) is 73.5 cm³/mol. The van der Waals surface area contributed by atoms with Gasteiger partial charge in [-0.15, -0.1) is 10.2 Å². The first-order valence-electron chi connectivity index (χ1n) is 6.42. The number of hydrogen-bond donors (Lipinski definition) is 0. The van der Waals surface area contributed by atoms with Crippen molar-refractivity contribution in [1.82, 2.24) is 19.1 Å². The van der Waals surface area contributed by atoms with E-state index >= 15 is 0 Å². The molecule has 1 aromatic heterocycles. The number of hydrogen-bond acceptors (Lipinski definition) is 5. The lowest BCUT2D eigenvalue weighted by Gasteiger charge is -2.27. The van der Waals surface area contributed by atoms with Crippen LogP contribution in [-0.4, -0.2) is 34.0 Å². The number of nitrogens with zero attached hydrogens (tertiary/aromatic N) is 5. The third-order valence-electron chi connectivity index (χ3n) is 3.53. The first kappa shape index (κ1) is 13.7. The molecule has 1 aromatic carbocycles. The Labute approximate surface area is 122 Å². The maximum Gasteiger partial charge on any atom is 0.244 e. The minimum absolute atomic E-state index is 0.0391. The van der Waals surface area contributed by atoms with Crippen LogP contribution < -0.4 is 0 Å². The van der Waals surface area contributed by atoms with E-state index in [0.717, 1.165) is 5.82 Å². The van der Waals surface area contributed by atoms with Crippen LogP contribution in [0.25, 0.3) is 0 Å². The summed E-state index contributed by atoms with van der Waals surface area (Å²) in [5, 5.41) is 17.0. The van der Waals surface area contributed by atoms with Crippen LogP contribution in [-0.2, 0) is 23.1 Å². The Morgan fingerprint density at radius 1 is 1.24 bits per heavy atom. The molecule has 0 atom stereocenters. The standard InChI is InChI=1S/C13H13N5O2S/c1-10-15-16-13-9-17(6-7-18(10)13)21(19,20)12-5-3-2-4-11(12)8-14/h2-5H,6-7,9H2,1H3. The minimum atomic E-state index is -3.71. The van der Waals surface area contributed by atoms with Crippen LogP contribution in [0.3, 0.4) is 0 Å². The molecular formula is C13H13N5O2S. The highest BCUT2D eigenvalue weighted by molar-refractivity contribution is 7.89. The summed E-state index contributed by atoms with van der Waals surface area (Å²) in [6.45, 7) is 2.87. The molecule has 2 aromatic rings. The smallest absolute Gasteiger partial charge is 0.244 e. The Balaban J connectivity index is 1.99. The van der Waals surface area contributed by atoms with Crippen molar-refractivity contribution in [3.63, 3.8) is 0 Å². The summed E-state index contributed by atoms with van der Waals surface area (Å²) in [5.41, 5.74) is 0.153. The molecule has 0 unspecified atom stereocenters. The van der Waals surface area contributed by atoms with Crippen molar-refractivity contribution >= 4 is 10.0 Å². The van der Waals surface area contributed by atoms with Crippen LogP contribution in [0.1, 0.15) is 17.2 Å². The van der Waals surface area contributed by atoms with E-state index in [-0.39, 0.29) is 17.0 Å². The molecule has 0 saturated heterocycles. The zero-order valence-electron chi connectivity index (χ0n) is 11.4. The topological polar surface area (TPSA) is 91.9 Å². The molecule has 3 rings (SSSR count). The largest absolute Gasteiger partial charge is 0.313 e. The van der Waals surface area contributed by atoms with E-state index in [1.807, 2.05) is 17.6 Å². The highest BCUT2D eigenvalue weighted by atomic mass is 32.2. The van der Waals surface area contributed by atoms with Gasteiger partial charge in [-0.25, -0.2) is 8.42 Å². The lowest BCUT2D eigenvalue weighted by molar-refractivity contribution is 0.333. The van der Waals surface area contributed by atoms with Gasteiger partial charge in [0.25, 0.3) is 0 Å². The summed E-state index contributed by atoms with van der Waals surface area (Å²) in [7, 11) is -3.71. The third-order valence-corrected chi connectivity index (χ3v) is 5.43. The van der Waals surface area contributed by atoms with Crippen molar-refractivity contribution in [2.24, 2.45) is 0 Å². The molecule has 7 nitrogen and oxygen atoms in total. The molecule has 1 aliphatic heterocycles. The maximum atomic E-state index is 12.7. The fourth-order valence-electron chi connectivity index (χ4n) is 2.41. The van der Waals surface area contributed by atoms with Crippen LogP contribution in [0.5, 0.6) is 0 Å². The van der Waals surface area contributed by atoms with E-state index < -0.39 is 10.0 Å². The SMILES string of the molecule is Cc1nnc2n1CCN(S(=O)(=O)c1ccccc1C#N)C2. The number of aryl methyl sites for hydroxylation is 1. The van der Waals surface area contributed by atoms with E-state index in [4.69, 9.17) is 5.26 Å². The lowest BCUT2D eigenvalue weighted by Crippen LogP contribution is -2.38. The normalized spacial score (nSPS) is 15.4. The molecular weight excluding hydrogens is 290 g/mol. The second-order valence-electron chi connectivity index (χ2n) is 4.76. The number of benzene rings is 1. The van der Waals surface area contributed by atoms with Gasteiger partial charge >= 0.3 is 0 Å². The van der Waals surface area contributed by atoms with E-state index in [1.54, 1.807) is 12.1 Å². The van der Waals surface area contributed by atoms with Crippen LogP contribution in [0.2, 0.25) is 0 Å². The average molecular weight is 303 g/mol. The van der Waals surface area contributed by atoms with Crippen molar-refractivity contribution < 1.29 is 8.42 Å². The van der Waals surface area contributed by atoms with Crippen molar-refractivity contribution in [1.29, 1.82) is 5.26 Å². The molecule has 8 heteroatoms. The Morgan fingerprint density at radius 2 is 2.00 bits per heavy atom. The molecule has 0 aliphatic carbocycles. The Kier molecular flexibility index (Phi) is 3.23. The lowest BCUT2D eigenvalue weighted by atomic mass is 10.2. The Bertz CT molecular complexity index is 834. The van der Waals surface area contributed by atoms with Crippen molar-refractivity contribution in [3.8, 4) is 6.07 Å². The molecule has 0 N–H and O–H groups in total. The quantitative estimate of drug-likeness (QED) is 0.812. The molecule has 0 spiro atoms. The zero-order valence-corrected chi connectivity index (χ0v) is 12.2. The molecule has 0 amide bonds. The number of nitriles is 1. The number of fused-ring (bicyclic) bond motifs is 1. The summed E-state index contributed by atoms with van der Waals surface area (Å²) in [5.74, 6) is 1.40. The molecule has 21 heavy (non-hydrogen) atoms. The predicted octanol–water partition coefficient (Wildman–Crippen LogP) is 0.663. The average Bonchev–Trinajstić information content (AvgIpc) is 2.88. The Morgan fingerprint density at radius 3 is 2.76 bits per heavy atom. The molecule has 0 bridgehead atoms. The van der Waals surface area contributed by atoms with E-state index in [0.29, 0.717) is 18.9 Å². The van der Waals surface area contributed by atoms with Gasteiger partial charge in [0, 0.05) is 13.1 Å². The second-order valence-corrected chi connectivity index (χ2v) is 6.67. The van der Waals surface area contributed by atoms with Crippen LogP contribution in [0.4, 0.5) is 0 Å². The number of sulfonamides is 1. The monoisotopic (exact) mass is 303 g/mol. The first-order valence-corrected chi connectivity index (χ1v) is 7.86. The van der Waals surface area contributed by atoms with Crippen LogP contribution in [0.15, 0.2) is 29.2 Å². The second kappa shape index (κ2) is 4.95. The fourth-order valence-corrected chi connectivity index (χ4v) is 3.94. The highest BCUT2D eigenvalue weighted by Gasteiger charge is 2.31. The summed E-state index contributed by atoms with van der Waals surface area (Å²) in [6.07, 6.45) is 0. The van der Waals surface area contributed by atoms with Gasteiger partial charge in [0.2, 0.25) is 10.0 Å². The first-order chi connectivity index (χ1) is 10.0. The molecule has 1 aliphatic rings. The Hall–Kier alpha value is -2.24. The van der Waals surface area contributed by atoms with Gasteiger partial charge in [-0.1, -0.05) is 12.1 Å². The van der Waals surface area contributed by atoms with Gasteiger partial charge in [0.15, 0.2) is 0 Å². The highest BCUT2D eigenvalue weighted by Crippen LogP contribution is 2.23. The minimum Gasteiger partial charge on any atom is -0.313 e. The fraction of sp³-hybridized carbons (Fsp3) is 0.308. The van der Waals surface area contributed by atoms with Gasteiger partial charge in [-0.05, 0) is 19.1 Å². The molecule has 108 valence electrons. The maximum absolute atomic E-state index is 12.7. The molecule has 2 heterocycles. The molecule has 0 radical (unpaired) electrons. The van der Waals surface area contributed by atoms with Gasteiger partial charge in [0.1, 0.15) is 17.7 Å². The van der Waals surface area contributed by atoms with Gasteiger partial charge in [-0.2, -0.15) is 9.57 Å². The summed E-state index contributed by atoms with van der Waals surface area (Å²) >= 11 is 0. The van der Waals surface area contributed by atoms with Crippen molar-refractivity contribution in [2.45, 2.75) is 24.9 Å². The molecule has 0 fully saturated rings. The van der Waals surface area contributed by atoms with Crippen LogP contribution in [0, 0.1) is 18.3 Å². The number of aromatic nitrogens is 3. The summed E-state index contributed by atoms with van der Waals surface area (Å²) < 4.78 is 28.6. The van der Waals surface area contributed by atoms with Gasteiger partial charge in [0.05, 0.1) is 17.0 Å². The summed E-state index contributed by atoms with van der Waals surface area (Å²) in [6, 6.07) is 8.15. The van der Waals surface area contributed by atoms with E-state index in [9.17, 15) is 8.42 Å². The summed E-state index contributed by atoms with van der Waals surface area (Å²) in [4.78, 5) is 0.0391. The number of rotatable bonds is 2. The van der Waals surface area contributed by atoms with E-state index in [1.165, 1.54) is 16.4 Å². The van der Waals surface area contributed by atoms with Crippen molar-refractivity contribution in [3.05, 3.63) is 41.5 Å². The third kappa shape index (κ3) is 2.20. The van der Waals surface area contributed by atoms with Crippen molar-refractivity contribution in [2.75, 3.05) is 6.54 Å². The van der Waals surface area contributed by atoms with Gasteiger partial charge < -0.3 is 4.57 Å². The molecule has 0 saturated carbocycles. The van der Waals surface area contributed by atoms with Gasteiger partial charge in [-0.3, -0.25) is 0 Å². The van der Waals surface area contributed by atoms with Crippen LogP contribution >= 0.6 is 0 Å².